The minimum Gasteiger partial charge on any atom is -0.497 e. The number of nitrogens with one attached hydrogen (secondary N) is 1. The first-order valence-corrected chi connectivity index (χ1v) is 7.88. The van der Waals surface area contributed by atoms with Crippen molar-refractivity contribution in [2.75, 3.05) is 27.4 Å². The molecule has 2 rings (SSSR count). The highest BCUT2D eigenvalue weighted by Crippen LogP contribution is 2.13. The molecule has 2 aromatic rings. The number of allylic oxidation sites excluding steroid dienone is 1. The molecule has 24 heavy (non-hydrogen) atoms. The van der Waals surface area contributed by atoms with Crippen molar-refractivity contribution >= 4 is 11.9 Å². The van der Waals surface area contributed by atoms with Gasteiger partial charge in [-0.15, -0.1) is 0 Å². The van der Waals surface area contributed by atoms with Gasteiger partial charge >= 0.3 is 0 Å². The third-order valence-electron chi connectivity index (χ3n) is 3.56. The van der Waals surface area contributed by atoms with Crippen molar-refractivity contribution in [3.63, 3.8) is 0 Å². The van der Waals surface area contributed by atoms with Crippen LogP contribution in [0.1, 0.15) is 21.5 Å². The lowest BCUT2D eigenvalue weighted by atomic mass is 10.1. The number of carbonyl (C=O) groups is 1. The van der Waals surface area contributed by atoms with Crippen molar-refractivity contribution in [3.8, 4) is 5.75 Å². The van der Waals surface area contributed by atoms with Crippen LogP contribution in [0.2, 0.25) is 0 Å². The van der Waals surface area contributed by atoms with Crippen LogP contribution in [0.3, 0.4) is 0 Å². The molecular weight excluding hydrogens is 302 g/mol. The summed E-state index contributed by atoms with van der Waals surface area (Å²) in [6.45, 7) is 2.28. The molecule has 4 heteroatoms. The third-order valence-corrected chi connectivity index (χ3v) is 3.56. The van der Waals surface area contributed by atoms with E-state index in [-0.39, 0.29) is 5.78 Å². The molecule has 0 atom stereocenters. The smallest absolute Gasteiger partial charge is 0.185 e. The van der Waals surface area contributed by atoms with Crippen LogP contribution in [0.4, 0.5) is 0 Å². The summed E-state index contributed by atoms with van der Waals surface area (Å²) in [4.78, 5) is 12.2. The first kappa shape index (κ1) is 17.9. The molecule has 0 amide bonds. The number of hydrogen-bond acceptors (Lipinski definition) is 4. The average molecular weight is 325 g/mol. The molecule has 0 unspecified atom stereocenters. The van der Waals surface area contributed by atoms with Crippen molar-refractivity contribution in [1.82, 2.24) is 5.32 Å². The van der Waals surface area contributed by atoms with Gasteiger partial charge in [0.15, 0.2) is 5.78 Å². The number of hydrogen-bond donors (Lipinski definition) is 1. The zero-order valence-corrected chi connectivity index (χ0v) is 14.1. The van der Waals surface area contributed by atoms with Gasteiger partial charge in [0.2, 0.25) is 0 Å². The molecule has 0 saturated heterocycles. The van der Waals surface area contributed by atoms with E-state index in [1.807, 2.05) is 18.2 Å². The molecule has 0 bridgehead atoms. The van der Waals surface area contributed by atoms with Crippen LogP contribution in [-0.4, -0.2) is 33.2 Å². The molecule has 2 aromatic carbocycles. The van der Waals surface area contributed by atoms with Crippen molar-refractivity contribution in [3.05, 3.63) is 71.3 Å². The predicted octanol–water partition coefficient (Wildman–Crippen LogP) is 3.33. The van der Waals surface area contributed by atoms with Gasteiger partial charge in [-0.3, -0.25) is 4.79 Å². The Hall–Kier alpha value is -2.43. The molecule has 0 aliphatic heterocycles. The number of ketones is 1. The van der Waals surface area contributed by atoms with E-state index in [9.17, 15) is 4.79 Å². The maximum absolute atomic E-state index is 12.2. The molecule has 0 aliphatic carbocycles. The van der Waals surface area contributed by atoms with Crippen LogP contribution in [0.5, 0.6) is 5.75 Å². The topological polar surface area (TPSA) is 47.6 Å². The van der Waals surface area contributed by atoms with E-state index < -0.39 is 0 Å². The van der Waals surface area contributed by atoms with E-state index in [1.54, 1.807) is 44.6 Å². The van der Waals surface area contributed by atoms with Crippen molar-refractivity contribution in [1.29, 1.82) is 0 Å². The lowest BCUT2D eigenvalue weighted by Gasteiger charge is -2.05. The van der Waals surface area contributed by atoms with Gasteiger partial charge in [-0.05, 0) is 41.5 Å². The molecule has 0 aromatic heterocycles. The number of carbonyl (C=O) groups excluding carboxylic acids is 1. The van der Waals surface area contributed by atoms with Gasteiger partial charge in [-0.25, -0.2) is 0 Å². The van der Waals surface area contributed by atoms with Gasteiger partial charge in [0, 0.05) is 25.8 Å². The lowest BCUT2D eigenvalue weighted by Crippen LogP contribution is -2.18. The second kappa shape index (κ2) is 9.65. The summed E-state index contributed by atoms with van der Waals surface area (Å²) in [6, 6.07) is 15.2. The number of benzene rings is 2. The van der Waals surface area contributed by atoms with Gasteiger partial charge in [0.25, 0.3) is 0 Å². The normalized spacial score (nSPS) is 10.9. The Balaban J connectivity index is 1.96. The Morgan fingerprint density at radius 3 is 2.62 bits per heavy atom. The first-order chi connectivity index (χ1) is 11.7. The minimum absolute atomic E-state index is 0.0266. The van der Waals surface area contributed by atoms with E-state index in [0.717, 1.165) is 24.4 Å². The molecule has 0 saturated carbocycles. The number of ether oxygens (including phenoxy) is 2. The molecule has 0 radical (unpaired) electrons. The largest absolute Gasteiger partial charge is 0.497 e. The highest BCUT2D eigenvalue weighted by Gasteiger charge is 2.02. The van der Waals surface area contributed by atoms with E-state index in [4.69, 9.17) is 9.47 Å². The Morgan fingerprint density at radius 1 is 1.12 bits per heavy atom. The van der Waals surface area contributed by atoms with Crippen LogP contribution in [0.15, 0.2) is 54.6 Å². The first-order valence-electron chi connectivity index (χ1n) is 7.88. The fourth-order valence-electron chi connectivity index (χ4n) is 2.24. The molecule has 0 heterocycles. The molecular formula is C20H23NO3. The molecule has 0 spiro atoms. The van der Waals surface area contributed by atoms with E-state index in [1.165, 1.54) is 5.56 Å². The van der Waals surface area contributed by atoms with Gasteiger partial charge in [-0.2, -0.15) is 0 Å². The maximum Gasteiger partial charge on any atom is 0.185 e. The summed E-state index contributed by atoms with van der Waals surface area (Å²) in [5.41, 5.74) is 2.82. The molecule has 4 nitrogen and oxygen atoms in total. The lowest BCUT2D eigenvalue weighted by molar-refractivity contribution is 0.104. The molecule has 0 aliphatic rings. The van der Waals surface area contributed by atoms with Crippen molar-refractivity contribution < 1.29 is 14.3 Å². The Kier molecular flexibility index (Phi) is 7.21. The van der Waals surface area contributed by atoms with E-state index >= 15 is 0 Å². The summed E-state index contributed by atoms with van der Waals surface area (Å²) in [5.74, 6) is 0.713. The van der Waals surface area contributed by atoms with Gasteiger partial charge in [-0.1, -0.05) is 30.3 Å². The van der Waals surface area contributed by atoms with Gasteiger partial charge in [0.05, 0.1) is 13.7 Å². The highest BCUT2D eigenvalue weighted by atomic mass is 16.5. The van der Waals surface area contributed by atoms with Crippen molar-refractivity contribution in [2.24, 2.45) is 0 Å². The van der Waals surface area contributed by atoms with E-state index in [0.29, 0.717) is 12.2 Å². The third kappa shape index (κ3) is 5.65. The summed E-state index contributed by atoms with van der Waals surface area (Å²) < 4.78 is 10.1. The molecule has 0 fully saturated rings. The quantitative estimate of drug-likeness (QED) is 0.436. The van der Waals surface area contributed by atoms with Crippen LogP contribution < -0.4 is 10.1 Å². The second-order valence-corrected chi connectivity index (χ2v) is 5.34. The molecule has 126 valence electrons. The van der Waals surface area contributed by atoms with Crippen LogP contribution in [0, 0.1) is 0 Å². The Morgan fingerprint density at radius 2 is 1.92 bits per heavy atom. The zero-order valence-electron chi connectivity index (χ0n) is 14.1. The fourth-order valence-corrected chi connectivity index (χ4v) is 2.24. The van der Waals surface area contributed by atoms with E-state index in [2.05, 4.69) is 17.4 Å². The maximum atomic E-state index is 12.2. The highest BCUT2D eigenvalue weighted by molar-refractivity contribution is 6.06. The number of methoxy groups -OCH3 is 2. The predicted molar refractivity (Wildman–Crippen MR) is 96.4 cm³/mol. The van der Waals surface area contributed by atoms with Crippen molar-refractivity contribution in [2.45, 2.75) is 6.54 Å². The second-order valence-electron chi connectivity index (χ2n) is 5.34. The molecule has 1 N–H and O–H groups in total. The van der Waals surface area contributed by atoms with Crippen LogP contribution >= 0.6 is 0 Å². The van der Waals surface area contributed by atoms with Gasteiger partial charge in [0.1, 0.15) is 5.75 Å². The monoisotopic (exact) mass is 325 g/mol. The Labute approximate surface area is 143 Å². The summed E-state index contributed by atoms with van der Waals surface area (Å²) in [5, 5.41) is 3.30. The number of rotatable bonds is 9. The summed E-state index contributed by atoms with van der Waals surface area (Å²) in [6.07, 6.45) is 3.44. The van der Waals surface area contributed by atoms with Gasteiger partial charge < -0.3 is 14.8 Å². The minimum atomic E-state index is -0.0266. The summed E-state index contributed by atoms with van der Waals surface area (Å²) in [7, 11) is 3.29. The average Bonchev–Trinajstić information content (AvgIpc) is 2.64. The summed E-state index contributed by atoms with van der Waals surface area (Å²) >= 11 is 0. The Bertz CT molecular complexity index is 678. The zero-order chi connectivity index (χ0) is 17.2. The fraction of sp³-hybridized carbons (Fsp3) is 0.250. The SMILES string of the molecule is COCCNCc1cccc(C=CC(=O)c2ccc(OC)cc2)c1. The van der Waals surface area contributed by atoms with Crippen LogP contribution in [-0.2, 0) is 11.3 Å². The standard InChI is InChI=1S/C20H23NO3/c1-23-13-12-21-15-17-5-3-4-16(14-17)6-11-20(22)18-7-9-19(24-2)10-8-18/h3-11,14,21H,12-13,15H2,1-2H3. The van der Waals surface area contributed by atoms with Crippen LogP contribution in [0.25, 0.3) is 6.08 Å².